The Balaban J connectivity index is 1.45. The number of halogens is 1. The van der Waals surface area contributed by atoms with Crippen molar-refractivity contribution in [2.24, 2.45) is 5.92 Å². The summed E-state index contributed by atoms with van der Waals surface area (Å²) in [6.45, 7) is 7.02. The van der Waals surface area contributed by atoms with Crippen molar-refractivity contribution < 1.29 is 13.9 Å². The highest BCUT2D eigenvalue weighted by molar-refractivity contribution is 5.70. The molecule has 2 aromatic carbocycles. The summed E-state index contributed by atoms with van der Waals surface area (Å²) in [7, 11) is 0. The molecular formula is C23H27FN2O2. The van der Waals surface area contributed by atoms with Gasteiger partial charge in [0.25, 0.3) is 0 Å². The maximum Gasteiger partial charge on any atom is 0.408 e. The van der Waals surface area contributed by atoms with Crippen LogP contribution in [0.5, 0.6) is 0 Å². The van der Waals surface area contributed by atoms with Gasteiger partial charge in [-0.3, -0.25) is 4.90 Å². The van der Waals surface area contributed by atoms with E-state index in [4.69, 9.17) is 4.74 Å². The number of hydrogen-bond acceptors (Lipinski definition) is 3. The molecule has 28 heavy (non-hydrogen) atoms. The van der Waals surface area contributed by atoms with Gasteiger partial charge < -0.3 is 10.1 Å². The molecule has 3 fully saturated rings. The first-order valence-electron chi connectivity index (χ1n) is 9.98. The molecule has 3 aliphatic heterocycles. The van der Waals surface area contributed by atoms with Crippen molar-refractivity contribution in [2.75, 3.05) is 19.6 Å². The fraction of sp³-hybridized carbons (Fsp3) is 0.435. The molecule has 148 valence electrons. The molecule has 2 aromatic rings. The number of alkyl carbamates (subject to hydrolysis) is 1. The first kappa shape index (κ1) is 18.9. The fourth-order valence-electron chi connectivity index (χ4n) is 4.27. The minimum absolute atomic E-state index is 0.0103. The summed E-state index contributed by atoms with van der Waals surface area (Å²) in [5, 5.41) is 3.03. The molecule has 1 atom stereocenters. The second-order valence-electron chi connectivity index (χ2n) is 8.42. The Morgan fingerprint density at radius 2 is 1.82 bits per heavy atom. The van der Waals surface area contributed by atoms with Crippen molar-refractivity contribution in [2.45, 2.75) is 38.3 Å². The molecule has 0 aliphatic carbocycles. The summed E-state index contributed by atoms with van der Waals surface area (Å²) >= 11 is 0. The number of carbonyl (C=O) groups excluding carboxylic acids is 1. The lowest BCUT2D eigenvalue weighted by Crippen LogP contribution is -2.53. The Hall–Kier alpha value is -2.40. The first-order chi connectivity index (χ1) is 13.4. The number of rotatable bonds is 4. The quantitative estimate of drug-likeness (QED) is 0.844. The molecule has 5 heteroatoms. The minimum Gasteiger partial charge on any atom is -0.445 e. The number of nitrogens with one attached hydrogen (secondary N) is 1. The van der Waals surface area contributed by atoms with Crippen molar-refractivity contribution in [3.8, 4) is 11.1 Å². The number of benzene rings is 2. The van der Waals surface area contributed by atoms with Crippen LogP contribution in [0.1, 0.15) is 32.3 Å². The van der Waals surface area contributed by atoms with Crippen LogP contribution >= 0.6 is 0 Å². The van der Waals surface area contributed by atoms with Crippen LogP contribution in [0.3, 0.4) is 0 Å². The summed E-state index contributed by atoms with van der Waals surface area (Å²) in [6, 6.07) is 14.4. The number of amides is 1. The number of hydrogen-bond donors (Lipinski definition) is 1. The average molecular weight is 382 g/mol. The molecule has 1 amide bonds. The van der Waals surface area contributed by atoms with Gasteiger partial charge in [-0.25, -0.2) is 9.18 Å². The Morgan fingerprint density at radius 3 is 2.46 bits per heavy atom. The standard InChI is InChI=1S/C23H27FN2O2/c1-23(2,25-22(27)28-21-15-26-12-10-17(21)11-13-26)19-5-3-4-18(14-19)16-6-8-20(24)9-7-16/h3-9,14,17,21H,10-13,15H2,1-2H3,(H,25,27)/t21-/m0/s1. The van der Waals surface area contributed by atoms with Crippen molar-refractivity contribution in [3.05, 3.63) is 59.9 Å². The fourth-order valence-corrected chi connectivity index (χ4v) is 4.27. The van der Waals surface area contributed by atoms with Gasteiger partial charge in [0.1, 0.15) is 11.9 Å². The van der Waals surface area contributed by atoms with Gasteiger partial charge in [0.2, 0.25) is 0 Å². The second kappa shape index (κ2) is 7.55. The van der Waals surface area contributed by atoms with E-state index in [1.54, 1.807) is 12.1 Å². The largest absolute Gasteiger partial charge is 0.445 e. The lowest BCUT2D eigenvalue weighted by molar-refractivity contribution is -0.0349. The molecule has 5 rings (SSSR count). The van der Waals surface area contributed by atoms with Gasteiger partial charge in [-0.15, -0.1) is 0 Å². The number of nitrogens with zero attached hydrogens (tertiary/aromatic N) is 1. The van der Waals surface area contributed by atoms with Gasteiger partial charge in [-0.05, 0) is 80.6 Å². The summed E-state index contributed by atoms with van der Waals surface area (Å²) in [4.78, 5) is 14.9. The van der Waals surface area contributed by atoms with E-state index in [2.05, 4.69) is 10.2 Å². The molecule has 0 radical (unpaired) electrons. The Morgan fingerprint density at radius 1 is 1.11 bits per heavy atom. The zero-order chi connectivity index (χ0) is 19.7. The molecule has 0 unspecified atom stereocenters. The molecule has 3 aliphatic rings. The van der Waals surface area contributed by atoms with E-state index in [1.165, 1.54) is 12.1 Å². The van der Waals surface area contributed by atoms with Gasteiger partial charge in [-0.2, -0.15) is 0 Å². The van der Waals surface area contributed by atoms with Crippen LogP contribution in [0.4, 0.5) is 9.18 Å². The summed E-state index contributed by atoms with van der Waals surface area (Å²) in [5.41, 5.74) is 2.31. The van der Waals surface area contributed by atoms with E-state index in [0.29, 0.717) is 5.92 Å². The summed E-state index contributed by atoms with van der Waals surface area (Å²) in [6.07, 6.45) is 1.85. The predicted octanol–water partition coefficient (Wildman–Crippen LogP) is 4.55. The highest BCUT2D eigenvalue weighted by Gasteiger charge is 2.37. The van der Waals surface area contributed by atoms with Crippen molar-refractivity contribution in [1.29, 1.82) is 0 Å². The molecule has 3 saturated heterocycles. The normalized spacial score (nSPS) is 24.0. The van der Waals surface area contributed by atoms with E-state index in [1.807, 2.05) is 38.1 Å². The topological polar surface area (TPSA) is 41.6 Å². The van der Waals surface area contributed by atoms with E-state index in [9.17, 15) is 9.18 Å². The third kappa shape index (κ3) is 4.04. The van der Waals surface area contributed by atoms with Crippen molar-refractivity contribution >= 4 is 6.09 Å². The molecule has 1 N–H and O–H groups in total. The Bertz CT molecular complexity index is 842. The van der Waals surface area contributed by atoms with Crippen molar-refractivity contribution in [3.63, 3.8) is 0 Å². The van der Waals surface area contributed by atoms with E-state index in [-0.39, 0.29) is 18.0 Å². The summed E-state index contributed by atoms with van der Waals surface area (Å²) in [5.74, 6) is 0.234. The monoisotopic (exact) mass is 382 g/mol. The van der Waals surface area contributed by atoms with Crippen LogP contribution < -0.4 is 5.32 Å². The summed E-state index contributed by atoms with van der Waals surface area (Å²) < 4.78 is 19.0. The highest BCUT2D eigenvalue weighted by atomic mass is 19.1. The van der Waals surface area contributed by atoms with Crippen LogP contribution in [0, 0.1) is 11.7 Å². The highest BCUT2D eigenvalue weighted by Crippen LogP contribution is 2.30. The van der Waals surface area contributed by atoms with Gasteiger partial charge in [0.05, 0.1) is 5.54 Å². The maximum atomic E-state index is 13.2. The zero-order valence-electron chi connectivity index (χ0n) is 16.5. The smallest absolute Gasteiger partial charge is 0.408 e. The van der Waals surface area contributed by atoms with E-state index < -0.39 is 5.54 Å². The lowest BCUT2D eigenvalue weighted by atomic mass is 9.86. The Labute approximate surface area is 165 Å². The average Bonchev–Trinajstić information content (AvgIpc) is 2.69. The van der Waals surface area contributed by atoms with Crippen LogP contribution in [0.15, 0.2) is 48.5 Å². The van der Waals surface area contributed by atoms with E-state index >= 15 is 0 Å². The molecule has 4 nitrogen and oxygen atoms in total. The molecule has 3 heterocycles. The van der Waals surface area contributed by atoms with Crippen LogP contribution in [0.2, 0.25) is 0 Å². The zero-order valence-corrected chi connectivity index (χ0v) is 16.5. The van der Waals surface area contributed by atoms with Crippen LogP contribution in [-0.4, -0.2) is 36.7 Å². The van der Waals surface area contributed by atoms with Gasteiger partial charge in [-0.1, -0.05) is 30.3 Å². The first-order valence-corrected chi connectivity index (χ1v) is 9.98. The molecule has 2 bridgehead atoms. The molecular weight excluding hydrogens is 355 g/mol. The minimum atomic E-state index is -0.582. The molecule has 0 saturated carbocycles. The predicted molar refractivity (Wildman–Crippen MR) is 107 cm³/mol. The van der Waals surface area contributed by atoms with Crippen molar-refractivity contribution in [1.82, 2.24) is 10.2 Å². The van der Waals surface area contributed by atoms with Gasteiger partial charge in [0.15, 0.2) is 0 Å². The SMILES string of the molecule is CC(C)(NC(=O)O[C@H]1CN2CCC1CC2)c1cccc(-c2ccc(F)cc2)c1. The van der Waals surface area contributed by atoms with Gasteiger partial charge >= 0.3 is 6.09 Å². The van der Waals surface area contributed by atoms with Crippen LogP contribution in [0.25, 0.3) is 11.1 Å². The number of ether oxygens (including phenoxy) is 1. The second-order valence-corrected chi connectivity index (χ2v) is 8.42. The molecule has 0 aromatic heterocycles. The van der Waals surface area contributed by atoms with Gasteiger partial charge in [0, 0.05) is 6.54 Å². The third-order valence-corrected chi connectivity index (χ3v) is 6.03. The lowest BCUT2D eigenvalue weighted by Gasteiger charge is -2.44. The Kier molecular flexibility index (Phi) is 5.11. The third-order valence-electron chi connectivity index (χ3n) is 6.03. The number of piperidine rings is 3. The number of carbonyl (C=O) groups is 1. The van der Waals surface area contributed by atoms with E-state index in [0.717, 1.165) is 49.2 Å². The molecule has 0 spiro atoms. The number of fused-ring (bicyclic) bond motifs is 3. The van der Waals surface area contributed by atoms with Crippen LogP contribution in [-0.2, 0) is 10.3 Å². The maximum absolute atomic E-state index is 13.2.